The van der Waals surface area contributed by atoms with Crippen LogP contribution in [0.3, 0.4) is 0 Å². The first-order chi connectivity index (χ1) is 13.8. The van der Waals surface area contributed by atoms with Gasteiger partial charge < -0.3 is 10.6 Å². The van der Waals surface area contributed by atoms with Crippen molar-refractivity contribution in [2.75, 3.05) is 10.6 Å². The van der Waals surface area contributed by atoms with E-state index in [2.05, 4.69) is 15.7 Å². The molecule has 2 amide bonds. The van der Waals surface area contributed by atoms with Crippen LogP contribution in [0.2, 0.25) is 0 Å². The van der Waals surface area contributed by atoms with Gasteiger partial charge in [-0.2, -0.15) is 5.10 Å². The van der Waals surface area contributed by atoms with Crippen molar-refractivity contribution in [3.63, 3.8) is 0 Å². The fourth-order valence-electron chi connectivity index (χ4n) is 3.10. The van der Waals surface area contributed by atoms with Gasteiger partial charge in [-0.1, -0.05) is 32.0 Å². The fourth-order valence-corrected chi connectivity index (χ4v) is 3.10. The van der Waals surface area contributed by atoms with Gasteiger partial charge >= 0.3 is 0 Å². The summed E-state index contributed by atoms with van der Waals surface area (Å²) < 4.78 is 1.44. The van der Waals surface area contributed by atoms with E-state index < -0.39 is 0 Å². The van der Waals surface area contributed by atoms with Crippen molar-refractivity contribution in [1.82, 2.24) is 9.78 Å². The van der Waals surface area contributed by atoms with E-state index in [1.165, 1.54) is 11.6 Å². The summed E-state index contributed by atoms with van der Waals surface area (Å²) in [4.78, 5) is 36.4. The smallest absolute Gasteiger partial charge is 0.274 e. The number of anilines is 2. The van der Waals surface area contributed by atoms with Crippen molar-refractivity contribution in [2.24, 2.45) is 5.92 Å². The van der Waals surface area contributed by atoms with E-state index in [9.17, 15) is 14.4 Å². The van der Waals surface area contributed by atoms with Crippen LogP contribution in [0.25, 0.3) is 10.8 Å². The zero-order valence-corrected chi connectivity index (χ0v) is 16.7. The lowest BCUT2D eigenvalue weighted by Gasteiger charge is -2.13. The van der Waals surface area contributed by atoms with E-state index in [1.807, 2.05) is 32.0 Å². The Labute approximate surface area is 168 Å². The number of nitrogens with zero attached hydrogens (tertiary/aromatic N) is 2. The van der Waals surface area contributed by atoms with Crippen molar-refractivity contribution < 1.29 is 9.59 Å². The third-order valence-electron chi connectivity index (χ3n) is 4.30. The molecule has 0 unspecified atom stereocenters. The Morgan fingerprint density at radius 3 is 2.14 bits per heavy atom. The van der Waals surface area contributed by atoms with E-state index in [0.29, 0.717) is 34.4 Å². The highest BCUT2D eigenvalue weighted by Gasteiger charge is 2.14. The van der Waals surface area contributed by atoms with Gasteiger partial charge in [0.25, 0.3) is 5.56 Å². The van der Waals surface area contributed by atoms with Crippen LogP contribution in [0.5, 0.6) is 0 Å². The molecule has 0 saturated heterocycles. The molecule has 0 saturated carbocycles. The second-order valence-electron chi connectivity index (χ2n) is 7.36. The first-order valence-corrected chi connectivity index (χ1v) is 9.49. The van der Waals surface area contributed by atoms with Crippen molar-refractivity contribution in [1.29, 1.82) is 0 Å². The summed E-state index contributed by atoms with van der Waals surface area (Å²) in [6.45, 7) is 5.95. The van der Waals surface area contributed by atoms with Gasteiger partial charge in [0, 0.05) is 30.2 Å². The van der Waals surface area contributed by atoms with Crippen LogP contribution >= 0.6 is 0 Å². The van der Waals surface area contributed by atoms with Crippen LogP contribution in [0, 0.1) is 5.92 Å². The molecule has 29 heavy (non-hydrogen) atoms. The molecule has 0 aliphatic carbocycles. The number of hydrogen-bond donors (Lipinski definition) is 2. The number of hydrogen-bond acceptors (Lipinski definition) is 4. The number of benzene rings is 2. The molecule has 7 heteroatoms. The van der Waals surface area contributed by atoms with E-state index in [-0.39, 0.29) is 29.7 Å². The van der Waals surface area contributed by atoms with E-state index >= 15 is 0 Å². The van der Waals surface area contributed by atoms with Gasteiger partial charge in [-0.3, -0.25) is 14.4 Å². The summed E-state index contributed by atoms with van der Waals surface area (Å²) in [5.74, 6) is -0.133. The lowest BCUT2D eigenvalue weighted by atomic mass is 10.1. The molecule has 0 aliphatic rings. The van der Waals surface area contributed by atoms with Gasteiger partial charge in [0.15, 0.2) is 0 Å². The Kier molecular flexibility index (Phi) is 6.07. The number of nitrogens with one attached hydrogen (secondary N) is 2. The molecule has 3 aromatic rings. The first-order valence-electron chi connectivity index (χ1n) is 9.49. The Hall–Kier alpha value is -3.48. The minimum atomic E-state index is -0.232. The molecule has 0 bridgehead atoms. The summed E-state index contributed by atoms with van der Waals surface area (Å²) in [5.41, 5.74) is 1.69. The summed E-state index contributed by atoms with van der Waals surface area (Å²) in [7, 11) is 0. The molecule has 2 N–H and O–H groups in total. The molecule has 0 aliphatic heterocycles. The van der Waals surface area contributed by atoms with Crippen molar-refractivity contribution >= 4 is 34.0 Å². The van der Waals surface area contributed by atoms with Crippen LogP contribution in [0.15, 0.2) is 53.3 Å². The zero-order chi connectivity index (χ0) is 21.0. The second-order valence-corrected chi connectivity index (χ2v) is 7.36. The normalized spacial score (nSPS) is 10.9. The standard InChI is InChI=1S/C22H24N4O3/c1-14(2)13-26-22(29)19-7-5-4-6-18(19)20(25-26)12-21(28)24-17-10-8-16(9-11-17)23-15(3)27/h4-11,14H,12-13H2,1-3H3,(H,23,27)(H,24,28). The lowest BCUT2D eigenvalue weighted by Crippen LogP contribution is -2.28. The maximum Gasteiger partial charge on any atom is 0.274 e. The van der Waals surface area contributed by atoms with Gasteiger partial charge in [-0.05, 0) is 36.2 Å². The van der Waals surface area contributed by atoms with Crippen molar-refractivity contribution in [2.45, 2.75) is 33.7 Å². The number of carbonyl (C=O) groups is 2. The monoisotopic (exact) mass is 392 g/mol. The van der Waals surface area contributed by atoms with E-state index in [0.717, 1.165) is 0 Å². The molecule has 3 rings (SSSR count). The Balaban J connectivity index is 1.83. The highest BCUT2D eigenvalue weighted by atomic mass is 16.2. The van der Waals surface area contributed by atoms with Crippen LogP contribution < -0.4 is 16.2 Å². The maximum absolute atomic E-state index is 12.7. The molecule has 7 nitrogen and oxygen atoms in total. The number of aromatic nitrogens is 2. The van der Waals surface area contributed by atoms with Crippen LogP contribution in [-0.4, -0.2) is 21.6 Å². The molecular formula is C22H24N4O3. The zero-order valence-electron chi connectivity index (χ0n) is 16.7. The average Bonchev–Trinajstić information content (AvgIpc) is 2.66. The van der Waals surface area contributed by atoms with Gasteiger partial charge in [-0.15, -0.1) is 0 Å². The summed E-state index contributed by atoms with van der Waals surface area (Å²) >= 11 is 0. The van der Waals surface area contributed by atoms with E-state index in [1.54, 1.807) is 30.3 Å². The number of rotatable bonds is 6. The minimum absolute atomic E-state index is 0.0480. The number of fused-ring (bicyclic) bond motifs is 1. The molecule has 1 aromatic heterocycles. The largest absolute Gasteiger partial charge is 0.326 e. The topological polar surface area (TPSA) is 93.1 Å². The van der Waals surface area contributed by atoms with Crippen LogP contribution in [-0.2, 0) is 22.6 Å². The summed E-state index contributed by atoms with van der Waals surface area (Å²) in [5, 5.41) is 11.2. The first kappa shape index (κ1) is 20.3. The summed E-state index contributed by atoms with van der Waals surface area (Å²) in [6, 6.07) is 14.1. The van der Waals surface area contributed by atoms with E-state index in [4.69, 9.17) is 0 Å². The minimum Gasteiger partial charge on any atom is -0.326 e. The molecule has 0 fully saturated rings. The molecule has 1 heterocycles. The predicted octanol–water partition coefficient (Wildman–Crippen LogP) is 3.19. The summed E-state index contributed by atoms with van der Waals surface area (Å²) in [6.07, 6.45) is 0.0480. The maximum atomic E-state index is 12.7. The average molecular weight is 392 g/mol. The molecule has 2 aromatic carbocycles. The number of carbonyl (C=O) groups excluding carboxylic acids is 2. The Morgan fingerprint density at radius 1 is 0.966 bits per heavy atom. The quantitative estimate of drug-likeness (QED) is 0.674. The molecule has 0 spiro atoms. The molecular weight excluding hydrogens is 368 g/mol. The third-order valence-corrected chi connectivity index (χ3v) is 4.30. The van der Waals surface area contributed by atoms with Gasteiger partial charge in [0.2, 0.25) is 11.8 Å². The fraction of sp³-hybridized carbons (Fsp3) is 0.273. The highest BCUT2D eigenvalue weighted by molar-refractivity contribution is 5.95. The lowest BCUT2D eigenvalue weighted by molar-refractivity contribution is -0.116. The number of amides is 2. The molecule has 150 valence electrons. The SMILES string of the molecule is CC(=O)Nc1ccc(NC(=O)Cc2nn(CC(C)C)c(=O)c3ccccc23)cc1. The molecule has 0 atom stereocenters. The van der Waals surface area contributed by atoms with Crippen molar-refractivity contribution in [3.8, 4) is 0 Å². The van der Waals surface area contributed by atoms with Crippen LogP contribution in [0.1, 0.15) is 26.5 Å². The van der Waals surface area contributed by atoms with Crippen molar-refractivity contribution in [3.05, 3.63) is 64.6 Å². The van der Waals surface area contributed by atoms with Gasteiger partial charge in [-0.25, -0.2) is 4.68 Å². The van der Waals surface area contributed by atoms with Gasteiger partial charge in [0.05, 0.1) is 17.5 Å². The molecule has 0 radical (unpaired) electrons. The van der Waals surface area contributed by atoms with Gasteiger partial charge in [0.1, 0.15) is 0 Å². The predicted molar refractivity (Wildman–Crippen MR) is 114 cm³/mol. The third kappa shape index (κ3) is 5.07. The Bertz CT molecular complexity index is 1100. The second kappa shape index (κ2) is 8.68. The Morgan fingerprint density at radius 2 is 1.55 bits per heavy atom. The highest BCUT2D eigenvalue weighted by Crippen LogP contribution is 2.17. The van der Waals surface area contributed by atoms with Crippen LogP contribution in [0.4, 0.5) is 11.4 Å².